The molecule has 4 aliphatic carbocycles. The Balaban J connectivity index is 1.55. The first kappa shape index (κ1) is 17.8. The maximum atomic E-state index is 11.3. The normalized spacial score (nSPS) is 41.3. The molecule has 4 aliphatic rings. The van der Waals surface area contributed by atoms with Crippen molar-refractivity contribution < 1.29 is 19.8 Å². The van der Waals surface area contributed by atoms with E-state index in [-0.39, 0.29) is 11.8 Å². The number of allylic oxidation sites excluding steroid dienone is 3. The first-order valence-electron chi connectivity index (χ1n) is 10.2. The van der Waals surface area contributed by atoms with Crippen molar-refractivity contribution in [3.8, 4) is 0 Å². The van der Waals surface area contributed by atoms with Crippen molar-refractivity contribution in [2.24, 2.45) is 35.0 Å². The smallest absolute Gasteiger partial charge is 0.307 e. The van der Waals surface area contributed by atoms with Crippen molar-refractivity contribution in [1.82, 2.24) is 0 Å². The zero-order valence-corrected chi connectivity index (χ0v) is 15.6. The minimum Gasteiger partial charge on any atom is -0.481 e. The average Bonchev–Trinajstić information content (AvgIpc) is 2.90. The minimum atomic E-state index is -0.729. The van der Waals surface area contributed by atoms with Crippen LogP contribution in [0.3, 0.4) is 0 Å². The van der Waals surface area contributed by atoms with E-state index in [2.05, 4.69) is 19.1 Å². The van der Waals surface area contributed by atoms with Gasteiger partial charge in [-0.3, -0.25) is 9.59 Å². The number of rotatable bonds is 4. The van der Waals surface area contributed by atoms with Gasteiger partial charge in [-0.05, 0) is 85.5 Å². The molecular formula is C22H30O4. The van der Waals surface area contributed by atoms with Crippen molar-refractivity contribution in [3.63, 3.8) is 0 Å². The molecular weight excluding hydrogens is 328 g/mol. The summed E-state index contributed by atoms with van der Waals surface area (Å²) in [6.07, 6.45) is 12.8. The lowest BCUT2D eigenvalue weighted by atomic mass is 9.52. The lowest BCUT2D eigenvalue weighted by Gasteiger charge is -2.53. The molecule has 2 saturated carbocycles. The first-order valence-corrected chi connectivity index (χ1v) is 10.2. The number of hydrogen-bond donors (Lipinski definition) is 2. The highest BCUT2D eigenvalue weighted by Gasteiger charge is 2.55. The third-order valence-electron chi connectivity index (χ3n) is 8.21. The van der Waals surface area contributed by atoms with Crippen molar-refractivity contribution in [2.45, 2.75) is 64.7 Å². The van der Waals surface area contributed by atoms with Crippen LogP contribution in [0.5, 0.6) is 0 Å². The quantitative estimate of drug-likeness (QED) is 0.766. The van der Waals surface area contributed by atoms with Gasteiger partial charge in [0.05, 0.1) is 6.42 Å². The number of carboxylic acid groups (broad SMARTS) is 2. The second-order valence-electron chi connectivity index (χ2n) is 9.31. The van der Waals surface area contributed by atoms with Crippen LogP contribution < -0.4 is 0 Å². The van der Waals surface area contributed by atoms with E-state index in [0.717, 1.165) is 37.7 Å². The monoisotopic (exact) mass is 358 g/mol. The maximum Gasteiger partial charge on any atom is 0.307 e. The van der Waals surface area contributed by atoms with Gasteiger partial charge in [-0.2, -0.15) is 0 Å². The molecule has 0 spiro atoms. The van der Waals surface area contributed by atoms with Gasteiger partial charge in [0, 0.05) is 6.42 Å². The van der Waals surface area contributed by atoms with Crippen molar-refractivity contribution in [3.05, 3.63) is 23.3 Å². The van der Waals surface area contributed by atoms with Gasteiger partial charge >= 0.3 is 11.9 Å². The van der Waals surface area contributed by atoms with E-state index in [1.54, 1.807) is 0 Å². The van der Waals surface area contributed by atoms with Crippen molar-refractivity contribution >= 4 is 11.9 Å². The first-order chi connectivity index (χ1) is 12.4. The minimum absolute atomic E-state index is 0.176. The third kappa shape index (κ3) is 2.91. The average molecular weight is 358 g/mol. The van der Waals surface area contributed by atoms with Gasteiger partial charge in [-0.1, -0.05) is 24.6 Å². The van der Waals surface area contributed by atoms with Crippen LogP contribution in [0.1, 0.15) is 64.7 Å². The fourth-order valence-corrected chi connectivity index (χ4v) is 7.01. The Labute approximate surface area is 155 Å². The summed E-state index contributed by atoms with van der Waals surface area (Å²) in [6.45, 7) is 2.36. The molecule has 142 valence electrons. The van der Waals surface area contributed by atoms with Crippen LogP contribution in [0, 0.1) is 35.0 Å². The molecule has 0 heterocycles. The van der Waals surface area contributed by atoms with Gasteiger partial charge in [0.2, 0.25) is 0 Å². The molecule has 0 saturated heterocycles. The molecule has 0 radical (unpaired) electrons. The predicted octanol–water partition coefficient (Wildman–Crippen LogP) is 4.66. The Kier molecular flexibility index (Phi) is 4.48. The summed E-state index contributed by atoms with van der Waals surface area (Å²) in [5, 5.41) is 18.4. The third-order valence-corrected chi connectivity index (χ3v) is 8.21. The summed E-state index contributed by atoms with van der Waals surface area (Å²) in [4.78, 5) is 22.3. The number of fused-ring (bicyclic) bond motifs is 5. The predicted molar refractivity (Wildman–Crippen MR) is 98.5 cm³/mol. The van der Waals surface area contributed by atoms with E-state index >= 15 is 0 Å². The summed E-state index contributed by atoms with van der Waals surface area (Å²) >= 11 is 0. The Morgan fingerprint density at radius 1 is 1.12 bits per heavy atom. The van der Waals surface area contributed by atoms with E-state index in [4.69, 9.17) is 5.11 Å². The van der Waals surface area contributed by atoms with Crippen LogP contribution >= 0.6 is 0 Å². The second-order valence-corrected chi connectivity index (χ2v) is 9.31. The topological polar surface area (TPSA) is 74.6 Å². The molecule has 4 nitrogen and oxygen atoms in total. The summed E-state index contributed by atoms with van der Waals surface area (Å²) in [5.41, 5.74) is 2.66. The SMILES string of the molecule is C[C@]12CC[C@H]3[C@@H](CC=C4C=C(CC(=O)O)CC[C@@H]43)[C@@H]1CC[C@@H]2CC(=O)O. The lowest BCUT2D eigenvalue weighted by Crippen LogP contribution is -2.45. The Bertz CT molecular complexity index is 676. The number of hydrogen-bond acceptors (Lipinski definition) is 2. The molecule has 0 aromatic heterocycles. The molecule has 26 heavy (non-hydrogen) atoms. The largest absolute Gasteiger partial charge is 0.481 e. The molecule has 0 unspecified atom stereocenters. The van der Waals surface area contributed by atoms with Crippen LogP contribution in [-0.2, 0) is 9.59 Å². The van der Waals surface area contributed by atoms with Gasteiger partial charge in [0.15, 0.2) is 0 Å². The van der Waals surface area contributed by atoms with E-state index in [1.165, 1.54) is 18.4 Å². The lowest BCUT2D eigenvalue weighted by molar-refractivity contribution is -0.140. The molecule has 0 aromatic carbocycles. The van der Waals surface area contributed by atoms with Gasteiger partial charge in [-0.25, -0.2) is 0 Å². The molecule has 6 atom stereocenters. The second kappa shape index (κ2) is 6.54. The zero-order chi connectivity index (χ0) is 18.5. The molecule has 4 heteroatoms. The number of carboxylic acids is 2. The highest BCUT2D eigenvalue weighted by atomic mass is 16.4. The van der Waals surface area contributed by atoms with Crippen molar-refractivity contribution in [1.29, 1.82) is 0 Å². The van der Waals surface area contributed by atoms with E-state index in [9.17, 15) is 14.7 Å². The number of carbonyl (C=O) groups is 2. The van der Waals surface area contributed by atoms with Gasteiger partial charge in [0.1, 0.15) is 0 Å². The highest BCUT2D eigenvalue weighted by molar-refractivity contribution is 5.70. The molecule has 2 fully saturated rings. The Morgan fingerprint density at radius 2 is 1.92 bits per heavy atom. The van der Waals surface area contributed by atoms with Crippen LogP contribution in [0.4, 0.5) is 0 Å². The standard InChI is InChI=1S/C22H30O4/c1-22-9-8-17-16-5-2-13(11-20(23)24)10-14(16)3-6-18(17)19(22)7-4-15(22)12-21(25)26/h3,10,15-19H,2,4-9,11-12H2,1H3,(H,23,24)(H,25,26)/t15-,16+,17-,18-,19+,22-/m1/s1. The zero-order valence-electron chi connectivity index (χ0n) is 15.6. The van der Waals surface area contributed by atoms with E-state index in [1.807, 2.05) is 0 Å². The summed E-state index contributed by atoms with van der Waals surface area (Å²) in [6, 6.07) is 0. The fraction of sp³-hybridized carbons (Fsp3) is 0.727. The van der Waals surface area contributed by atoms with Crippen LogP contribution in [0.25, 0.3) is 0 Å². The fourth-order valence-electron chi connectivity index (χ4n) is 7.01. The maximum absolute atomic E-state index is 11.3. The van der Waals surface area contributed by atoms with Gasteiger partial charge in [-0.15, -0.1) is 0 Å². The molecule has 0 amide bonds. The number of aliphatic carboxylic acids is 2. The molecule has 4 rings (SSSR count). The molecule has 0 aliphatic heterocycles. The Hall–Kier alpha value is -1.58. The van der Waals surface area contributed by atoms with Crippen molar-refractivity contribution in [2.75, 3.05) is 0 Å². The van der Waals surface area contributed by atoms with E-state index < -0.39 is 11.9 Å². The van der Waals surface area contributed by atoms with Crippen LogP contribution in [0.15, 0.2) is 23.3 Å². The molecule has 0 bridgehead atoms. The van der Waals surface area contributed by atoms with E-state index in [0.29, 0.717) is 36.0 Å². The summed E-state index contributed by atoms with van der Waals surface area (Å²) < 4.78 is 0. The van der Waals surface area contributed by atoms with Gasteiger partial charge in [0.25, 0.3) is 0 Å². The Morgan fingerprint density at radius 3 is 2.65 bits per heavy atom. The van der Waals surface area contributed by atoms with Crippen LogP contribution in [0.2, 0.25) is 0 Å². The summed E-state index contributed by atoms with van der Waals surface area (Å²) in [7, 11) is 0. The molecule has 2 N–H and O–H groups in total. The van der Waals surface area contributed by atoms with Gasteiger partial charge < -0.3 is 10.2 Å². The molecule has 0 aromatic rings. The van der Waals surface area contributed by atoms with Crippen LogP contribution in [-0.4, -0.2) is 22.2 Å². The highest BCUT2D eigenvalue weighted by Crippen LogP contribution is 2.63. The summed E-state index contributed by atoms with van der Waals surface area (Å²) in [5.74, 6) is 1.61.